The first-order chi connectivity index (χ1) is 14.3. The van der Waals surface area contributed by atoms with Crippen LogP contribution in [0.5, 0.6) is 0 Å². The lowest BCUT2D eigenvalue weighted by Crippen LogP contribution is -2.24. The number of carboxylic acid groups (broad SMARTS) is 1. The Morgan fingerprint density at radius 2 is 1.93 bits per heavy atom. The number of halogens is 1. The fourth-order valence-electron chi connectivity index (χ4n) is 2.80. The Balaban J connectivity index is 2.11. The summed E-state index contributed by atoms with van der Waals surface area (Å²) < 4.78 is 7.19. The van der Waals surface area contributed by atoms with Crippen molar-refractivity contribution in [2.45, 2.75) is 24.9 Å². The van der Waals surface area contributed by atoms with E-state index in [1.165, 1.54) is 16.3 Å². The molecule has 0 bridgehead atoms. The third-order valence-electron chi connectivity index (χ3n) is 4.35. The van der Waals surface area contributed by atoms with E-state index < -0.39 is 17.2 Å². The number of ether oxygens (including phenoxy) is 1. The number of carbonyl (C=O) groups is 2. The number of rotatable bonds is 7. The van der Waals surface area contributed by atoms with E-state index in [-0.39, 0.29) is 17.9 Å². The lowest BCUT2D eigenvalue weighted by molar-refractivity contribution is -0.136. The fraction of sp³-hybridized carbons (Fsp3) is 0.238. The Morgan fingerprint density at radius 3 is 2.57 bits per heavy atom. The molecule has 30 heavy (non-hydrogen) atoms. The lowest BCUT2D eigenvalue weighted by Gasteiger charge is -2.15. The van der Waals surface area contributed by atoms with Crippen molar-refractivity contribution < 1.29 is 19.4 Å². The monoisotopic (exact) mass is 490 g/mol. The van der Waals surface area contributed by atoms with Crippen molar-refractivity contribution in [3.63, 3.8) is 0 Å². The number of hydrogen-bond acceptors (Lipinski definition) is 6. The molecule has 1 aromatic heterocycles. The van der Waals surface area contributed by atoms with Gasteiger partial charge in [0.25, 0.3) is 5.56 Å². The minimum absolute atomic E-state index is 0.230. The number of carbonyl (C=O) groups excluding carboxylic acids is 1. The first kappa shape index (κ1) is 22.0. The summed E-state index contributed by atoms with van der Waals surface area (Å²) in [4.78, 5) is 41.0. The van der Waals surface area contributed by atoms with Crippen LogP contribution >= 0.6 is 27.7 Å². The molecule has 3 rings (SSSR count). The van der Waals surface area contributed by atoms with Gasteiger partial charge < -0.3 is 9.84 Å². The van der Waals surface area contributed by atoms with Crippen LogP contribution in [0.3, 0.4) is 0 Å². The molecule has 9 heteroatoms. The SMILES string of the molecule is CCOC(=O)c1ccc(-n2c(CSC(C)C(=O)O)nc3ccc(Br)cc3c2=O)cc1. The topological polar surface area (TPSA) is 98.5 Å². The third kappa shape index (κ3) is 4.73. The van der Waals surface area contributed by atoms with Gasteiger partial charge in [0, 0.05) is 4.47 Å². The minimum Gasteiger partial charge on any atom is -0.480 e. The van der Waals surface area contributed by atoms with E-state index in [0.717, 1.165) is 4.47 Å². The van der Waals surface area contributed by atoms with Gasteiger partial charge >= 0.3 is 11.9 Å². The molecule has 0 aliphatic rings. The summed E-state index contributed by atoms with van der Waals surface area (Å²) in [6.07, 6.45) is 0. The van der Waals surface area contributed by atoms with Gasteiger partial charge in [0.2, 0.25) is 0 Å². The molecule has 0 radical (unpaired) electrons. The highest BCUT2D eigenvalue weighted by Crippen LogP contribution is 2.22. The number of hydrogen-bond donors (Lipinski definition) is 1. The predicted molar refractivity (Wildman–Crippen MR) is 119 cm³/mol. The van der Waals surface area contributed by atoms with Gasteiger partial charge in [-0.05, 0) is 56.3 Å². The zero-order valence-electron chi connectivity index (χ0n) is 16.3. The van der Waals surface area contributed by atoms with E-state index in [9.17, 15) is 19.5 Å². The van der Waals surface area contributed by atoms with Crippen molar-refractivity contribution in [3.8, 4) is 5.69 Å². The number of carboxylic acids is 1. The van der Waals surface area contributed by atoms with E-state index >= 15 is 0 Å². The molecule has 3 aromatic rings. The normalized spacial score (nSPS) is 12.0. The summed E-state index contributed by atoms with van der Waals surface area (Å²) in [5.41, 5.74) is 1.16. The van der Waals surface area contributed by atoms with Gasteiger partial charge in [-0.3, -0.25) is 14.2 Å². The molecule has 7 nitrogen and oxygen atoms in total. The van der Waals surface area contributed by atoms with E-state index in [4.69, 9.17) is 4.74 Å². The Morgan fingerprint density at radius 1 is 1.23 bits per heavy atom. The second-order valence-electron chi connectivity index (χ2n) is 6.39. The van der Waals surface area contributed by atoms with Crippen LogP contribution in [0.15, 0.2) is 51.7 Å². The van der Waals surface area contributed by atoms with Crippen molar-refractivity contribution in [3.05, 3.63) is 68.7 Å². The van der Waals surface area contributed by atoms with Crippen molar-refractivity contribution in [1.29, 1.82) is 0 Å². The highest BCUT2D eigenvalue weighted by molar-refractivity contribution is 9.10. The average molecular weight is 491 g/mol. The predicted octanol–water partition coefficient (Wildman–Crippen LogP) is 4.03. The molecule has 0 amide bonds. The molecule has 1 atom stereocenters. The maximum atomic E-state index is 13.3. The molecule has 1 N–H and O–H groups in total. The molecular formula is C21H19BrN2O5S. The summed E-state index contributed by atoms with van der Waals surface area (Å²) in [5.74, 6) is -0.717. The summed E-state index contributed by atoms with van der Waals surface area (Å²) in [6.45, 7) is 3.58. The Kier molecular flexibility index (Phi) is 6.94. The highest BCUT2D eigenvalue weighted by atomic mass is 79.9. The molecule has 156 valence electrons. The molecule has 0 spiro atoms. The van der Waals surface area contributed by atoms with Gasteiger partial charge in [0.05, 0.1) is 39.8 Å². The van der Waals surface area contributed by atoms with Crippen molar-refractivity contribution >= 4 is 50.5 Å². The van der Waals surface area contributed by atoms with Crippen LogP contribution in [0.1, 0.15) is 30.0 Å². The van der Waals surface area contributed by atoms with Gasteiger partial charge in [-0.2, -0.15) is 0 Å². The van der Waals surface area contributed by atoms with Crippen molar-refractivity contribution in [2.24, 2.45) is 0 Å². The number of thioether (sulfide) groups is 1. The minimum atomic E-state index is -0.933. The Hall–Kier alpha value is -2.65. The lowest BCUT2D eigenvalue weighted by atomic mass is 10.2. The third-order valence-corrected chi connectivity index (χ3v) is 5.97. The standard InChI is InChI=1S/C21H19BrN2O5S/c1-3-29-21(28)13-4-7-15(8-5-13)24-18(11-30-12(2)20(26)27)23-17-9-6-14(22)10-16(17)19(24)25/h4-10,12H,3,11H2,1-2H3,(H,26,27). The van der Waals surface area contributed by atoms with Crippen molar-refractivity contribution in [1.82, 2.24) is 9.55 Å². The quantitative estimate of drug-likeness (QED) is 0.499. The number of aromatic nitrogens is 2. The number of aliphatic carboxylic acids is 1. The van der Waals surface area contributed by atoms with E-state index in [1.54, 1.807) is 56.3 Å². The molecular weight excluding hydrogens is 472 g/mol. The van der Waals surface area contributed by atoms with Crippen LogP contribution < -0.4 is 5.56 Å². The zero-order valence-corrected chi connectivity index (χ0v) is 18.7. The molecule has 0 aliphatic heterocycles. The summed E-state index contributed by atoms with van der Waals surface area (Å²) >= 11 is 4.55. The van der Waals surface area contributed by atoms with E-state index in [0.29, 0.717) is 28.0 Å². The van der Waals surface area contributed by atoms with Gasteiger partial charge in [-0.25, -0.2) is 9.78 Å². The fourth-order valence-corrected chi connectivity index (χ4v) is 3.90. The van der Waals surface area contributed by atoms with Gasteiger partial charge in [-0.1, -0.05) is 15.9 Å². The van der Waals surface area contributed by atoms with Gasteiger partial charge in [0.1, 0.15) is 5.82 Å². The van der Waals surface area contributed by atoms with Crippen LogP contribution in [0.25, 0.3) is 16.6 Å². The molecule has 0 saturated carbocycles. The van der Waals surface area contributed by atoms with Crippen LogP contribution in [-0.2, 0) is 15.3 Å². The second kappa shape index (κ2) is 9.44. The van der Waals surface area contributed by atoms with E-state index in [2.05, 4.69) is 20.9 Å². The number of nitrogens with zero attached hydrogens (tertiary/aromatic N) is 2. The summed E-state index contributed by atoms with van der Waals surface area (Å²) in [5, 5.41) is 8.95. The van der Waals surface area contributed by atoms with Gasteiger partial charge in [-0.15, -0.1) is 11.8 Å². The number of fused-ring (bicyclic) bond motifs is 1. The van der Waals surface area contributed by atoms with Crippen LogP contribution in [0, 0.1) is 0 Å². The molecule has 0 aliphatic carbocycles. The maximum absolute atomic E-state index is 13.3. The first-order valence-corrected chi connectivity index (χ1v) is 11.0. The smallest absolute Gasteiger partial charge is 0.338 e. The maximum Gasteiger partial charge on any atom is 0.338 e. The zero-order chi connectivity index (χ0) is 21.8. The van der Waals surface area contributed by atoms with Crippen LogP contribution in [0.4, 0.5) is 0 Å². The Bertz CT molecular complexity index is 1160. The molecule has 1 unspecified atom stereocenters. The first-order valence-electron chi connectivity index (χ1n) is 9.15. The van der Waals surface area contributed by atoms with Crippen molar-refractivity contribution in [2.75, 3.05) is 6.61 Å². The average Bonchev–Trinajstić information content (AvgIpc) is 2.73. The van der Waals surface area contributed by atoms with Crippen LogP contribution in [-0.4, -0.2) is 38.5 Å². The molecule has 2 aromatic carbocycles. The van der Waals surface area contributed by atoms with E-state index in [1.807, 2.05) is 0 Å². The Labute approximate surface area is 185 Å². The summed E-state index contributed by atoms with van der Waals surface area (Å²) in [7, 11) is 0. The largest absolute Gasteiger partial charge is 0.480 e. The number of esters is 1. The highest BCUT2D eigenvalue weighted by Gasteiger charge is 2.17. The molecule has 1 heterocycles. The van der Waals surface area contributed by atoms with Gasteiger partial charge in [0.15, 0.2) is 0 Å². The number of benzene rings is 2. The van der Waals surface area contributed by atoms with Crippen LogP contribution in [0.2, 0.25) is 0 Å². The molecule has 0 saturated heterocycles. The molecule has 0 fully saturated rings. The summed E-state index contributed by atoms with van der Waals surface area (Å²) in [6, 6.07) is 11.7. The second-order valence-corrected chi connectivity index (χ2v) is 8.63.